The maximum absolute atomic E-state index is 12.5. The van der Waals surface area contributed by atoms with Crippen molar-refractivity contribution < 1.29 is 8.42 Å². The van der Waals surface area contributed by atoms with Crippen LogP contribution in [-0.2, 0) is 10.0 Å². The van der Waals surface area contributed by atoms with E-state index in [-0.39, 0.29) is 0 Å². The van der Waals surface area contributed by atoms with Crippen LogP contribution in [0.25, 0.3) is 0 Å². The first-order chi connectivity index (χ1) is 8.66. The number of nitrogens with zero attached hydrogens (tertiary/aromatic N) is 2. The van der Waals surface area contributed by atoms with Crippen LogP contribution in [0.15, 0.2) is 23.2 Å². The van der Waals surface area contributed by atoms with E-state index >= 15 is 0 Å². The molecule has 1 aromatic rings. The first-order valence-corrected chi connectivity index (χ1v) is 7.79. The Morgan fingerprint density at radius 2 is 2.11 bits per heavy atom. The van der Waals surface area contributed by atoms with Crippen LogP contribution in [-0.4, -0.2) is 37.3 Å². The van der Waals surface area contributed by atoms with Crippen molar-refractivity contribution in [2.45, 2.75) is 31.1 Å². The molecule has 100 valence electrons. The van der Waals surface area contributed by atoms with Gasteiger partial charge < -0.3 is 5.32 Å². The molecule has 0 aliphatic carbocycles. The highest BCUT2D eigenvalue weighted by Crippen LogP contribution is 2.25. The topological polar surface area (TPSA) is 62.3 Å². The summed E-state index contributed by atoms with van der Waals surface area (Å²) in [5, 5.41) is 3.08. The summed E-state index contributed by atoms with van der Waals surface area (Å²) in [5.41, 5.74) is 0. The quantitative estimate of drug-likeness (QED) is 0.883. The molecule has 1 aliphatic heterocycles. The van der Waals surface area contributed by atoms with E-state index in [0.29, 0.717) is 23.8 Å². The Bertz CT molecular complexity index is 496. The zero-order valence-electron chi connectivity index (χ0n) is 10.6. The van der Waals surface area contributed by atoms with Crippen LogP contribution in [0.4, 0.5) is 5.82 Å². The molecule has 0 atom stereocenters. The van der Waals surface area contributed by atoms with Gasteiger partial charge in [0.05, 0.1) is 0 Å². The van der Waals surface area contributed by atoms with E-state index < -0.39 is 10.0 Å². The molecule has 0 saturated carbocycles. The highest BCUT2D eigenvalue weighted by Gasteiger charge is 2.29. The first-order valence-electron chi connectivity index (χ1n) is 6.35. The molecule has 18 heavy (non-hydrogen) atoms. The van der Waals surface area contributed by atoms with Gasteiger partial charge in [-0.05, 0) is 31.4 Å². The van der Waals surface area contributed by atoms with Gasteiger partial charge in [-0.15, -0.1) is 0 Å². The first kappa shape index (κ1) is 13.3. The summed E-state index contributed by atoms with van der Waals surface area (Å²) in [6.07, 6.45) is 4.43. The summed E-state index contributed by atoms with van der Waals surface area (Å²) in [7, 11) is -3.39. The average molecular weight is 269 g/mol. The number of aromatic nitrogens is 1. The standard InChI is InChI=1S/C12H19N3O2S/c1-2-7-13-12-11(6-5-8-14-12)18(16,17)15-9-3-4-10-15/h5-6,8H,2-4,7,9-10H2,1H3,(H,13,14). The van der Waals surface area contributed by atoms with Crippen molar-refractivity contribution in [2.75, 3.05) is 25.0 Å². The van der Waals surface area contributed by atoms with Crippen molar-refractivity contribution in [1.29, 1.82) is 0 Å². The molecule has 2 rings (SSSR count). The molecule has 1 N–H and O–H groups in total. The lowest BCUT2D eigenvalue weighted by atomic mass is 10.4. The fraction of sp³-hybridized carbons (Fsp3) is 0.583. The van der Waals surface area contributed by atoms with Gasteiger partial charge in [-0.25, -0.2) is 13.4 Å². The number of sulfonamides is 1. The van der Waals surface area contributed by atoms with Gasteiger partial charge in [0.25, 0.3) is 0 Å². The van der Waals surface area contributed by atoms with E-state index in [1.807, 2.05) is 6.92 Å². The molecule has 6 heteroatoms. The third kappa shape index (κ3) is 2.64. The number of anilines is 1. The third-order valence-corrected chi connectivity index (χ3v) is 4.93. The number of hydrogen-bond acceptors (Lipinski definition) is 4. The maximum Gasteiger partial charge on any atom is 0.246 e. The zero-order valence-corrected chi connectivity index (χ0v) is 11.4. The van der Waals surface area contributed by atoms with E-state index in [2.05, 4.69) is 10.3 Å². The molecule has 1 aliphatic rings. The van der Waals surface area contributed by atoms with Crippen molar-refractivity contribution in [2.24, 2.45) is 0 Å². The molecule has 2 heterocycles. The molecule has 5 nitrogen and oxygen atoms in total. The van der Waals surface area contributed by atoms with Gasteiger partial charge in [-0.1, -0.05) is 6.92 Å². The van der Waals surface area contributed by atoms with Crippen molar-refractivity contribution in [3.8, 4) is 0 Å². The van der Waals surface area contributed by atoms with Crippen LogP contribution in [0.1, 0.15) is 26.2 Å². The van der Waals surface area contributed by atoms with Crippen LogP contribution in [0.3, 0.4) is 0 Å². The number of pyridine rings is 1. The number of rotatable bonds is 5. The Labute approximate surface area is 108 Å². The molecule has 0 amide bonds. The molecular weight excluding hydrogens is 250 g/mol. The smallest absolute Gasteiger partial charge is 0.246 e. The SMILES string of the molecule is CCCNc1ncccc1S(=O)(=O)N1CCCC1. The lowest BCUT2D eigenvalue weighted by Crippen LogP contribution is -2.28. The molecule has 0 radical (unpaired) electrons. The zero-order chi connectivity index (χ0) is 13.0. The normalized spacial score (nSPS) is 16.9. The summed E-state index contributed by atoms with van der Waals surface area (Å²) in [6, 6.07) is 3.29. The lowest BCUT2D eigenvalue weighted by Gasteiger charge is -2.17. The van der Waals surface area contributed by atoms with Crippen LogP contribution >= 0.6 is 0 Å². The summed E-state index contributed by atoms with van der Waals surface area (Å²) in [4.78, 5) is 4.43. The van der Waals surface area contributed by atoms with Crippen molar-refractivity contribution in [1.82, 2.24) is 9.29 Å². The van der Waals surface area contributed by atoms with Gasteiger partial charge in [0.1, 0.15) is 10.7 Å². The van der Waals surface area contributed by atoms with E-state index in [1.54, 1.807) is 22.6 Å². The Morgan fingerprint density at radius 1 is 1.39 bits per heavy atom. The van der Waals surface area contributed by atoms with Gasteiger partial charge in [0, 0.05) is 25.8 Å². The predicted molar refractivity (Wildman–Crippen MR) is 71.0 cm³/mol. The van der Waals surface area contributed by atoms with Crippen LogP contribution in [0, 0.1) is 0 Å². The maximum atomic E-state index is 12.5. The van der Waals surface area contributed by atoms with E-state index in [4.69, 9.17) is 0 Å². The molecule has 1 saturated heterocycles. The second kappa shape index (κ2) is 5.67. The third-order valence-electron chi connectivity index (χ3n) is 3.00. The number of nitrogens with one attached hydrogen (secondary N) is 1. The van der Waals surface area contributed by atoms with Gasteiger partial charge in [0.2, 0.25) is 10.0 Å². The monoisotopic (exact) mass is 269 g/mol. The second-order valence-electron chi connectivity index (χ2n) is 4.39. The highest BCUT2D eigenvalue weighted by molar-refractivity contribution is 7.89. The predicted octanol–water partition coefficient (Wildman–Crippen LogP) is 1.69. The second-order valence-corrected chi connectivity index (χ2v) is 6.29. The van der Waals surface area contributed by atoms with Crippen molar-refractivity contribution >= 4 is 15.8 Å². The van der Waals surface area contributed by atoms with Crippen LogP contribution in [0.2, 0.25) is 0 Å². The molecule has 1 aromatic heterocycles. The number of hydrogen-bond donors (Lipinski definition) is 1. The Balaban J connectivity index is 2.31. The fourth-order valence-corrected chi connectivity index (χ4v) is 3.68. The minimum absolute atomic E-state index is 0.292. The minimum atomic E-state index is -3.39. The molecule has 0 bridgehead atoms. The summed E-state index contributed by atoms with van der Waals surface area (Å²) in [5.74, 6) is 0.464. The summed E-state index contributed by atoms with van der Waals surface area (Å²) in [6.45, 7) is 3.99. The Kier molecular flexibility index (Phi) is 4.19. The minimum Gasteiger partial charge on any atom is -0.369 e. The fourth-order valence-electron chi connectivity index (χ4n) is 2.04. The Hall–Kier alpha value is -1.14. The Morgan fingerprint density at radius 3 is 2.78 bits per heavy atom. The molecule has 0 unspecified atom stereocenters. The lowest BCUT2D eigenvalue weighted by molar-refractivity contribution is 0.477. The highest BCUT2D eigenvalue weighted by atomic mass is 32.2. The van der Waals surface area contributed by atoms with Crippen molar-refractivity contribution in [3.63, 3.8) is 0 Å². The van der Waals surface area contributed by atoms with Gasteiger partial charge >= 0.3 is 0 Å². The van der Waals surface area contributed by atoms with Gasteiger partial charge in [-0.2, -0.15) is 4.31 Å². The van der Waals surface area contributed by atoms with Crippen molar-refractivity contribution in [3.05, 3.63) is 18.3 Å². The van der Waals surface area contributed by atoms with E-state index in [0.717, 1.165) is 25.8 Å². The molecular formula is C12H19N3O2S. The molecule has 1 fully saturated rings. The van der Waals surface area contributed by atoms with Gasteiger partial charge in [-0.3, -0.25) is 0 Å². The summed E-state index contributed by atoms with van der Waals surface area (Å²) >= 11 is 0. The molecule has 0 spiro atoms. The average Bonchev–Trinajstić information content (AvgIpc) is 2.91. The molecule has 0 aromatic carbocycles. The van der Waals surface area contributed by atoms with Gasteiger partial charge in [0.15, 0.2) is 0 Å². The van der Waals surface area contributed by atoms with E-state index in [1.165, 1.54) is 0 Å². The largest absolute Gasteiger partial charge is 0.369 e. The van der Waals surface area contributed by atoms with E-state index in [9.17, 15) is 8.42 Å². The van der Waals surface area contributed by atoms with Crippen LogP contribution in [0.5, 0.6) is 0 Å². The summed E-state index contributed by atoms with van der Waals surface area (Å²) < 4.78 is 26.5. The van der Waals surface area contributed by atoms with Crippen LogP contribution < -0.4 is 5.32 Å².